The fraction of sp³-hybridized carbons (Fsp3) is 0.100. The van der Waals surface area contributed by atoms with E-state index in [0.717, 1.165) is 5.69 Å². The Morgan fingerprint density at radius 2 is 1.92 bits per heavy atom. The highest BCUT2D eigenvalue weighted by Gasteiger charge is 2.06. The Labute approximate surface area is 76.8 Å². The summed E-state index contributed by atoms with van der Waals surface area (Å²) in [4.78, 5) is 4.19. The maximum absolute atomic E-state index is 5.96. The number of hydrogen-bond acceptors (Lipinski definition) is 2. The van der Waals surface area contributed by atoms with E-state index in [0.29, 0.717) is 0 Å². The molecular weight excluding hydrogens is 162 g/mol. The summed E-state index contributed by atoms with van der Waals surface area (Å²) in [6, 6.07) is 9.63. The zero-order chi connectivity index (χ0) is 9.10. The fourth-order valence-corrected chi connectivity index (χ4v) is 1.24. The van der Waals surface area contributed by atoms with Gasteiger partial charge in [-0.3, -0.25) is 4.98 Å². The largest absolute Gasteiger partial charge is 0.333 e. The minimum Gasteiger partial charge on any atom is -0.333 e. The molecule has 0 bridgehead atoms. The molecule has 1 atom stereocenters. The molecule has 2 rings (SSSR count). The maximum Gasteiger partial charge on any atom is 0.124 e. The van der Waals surface area contributed by atoms with Gasteiger partial charge >= 0.3 is 0 Å². The molecule has 3 heteroatoms. The number of hydrogen-bond donors (Lipinski definition) is 1. The van der Waals surface area contributed by atoms with Gasteiger partial charge in [0.2, 0.25) is 0 Å². The molecule has 0 aliphatic carbocycles. The molecule has 0 aromatic carbocycles. The highest BCUT2D eigenvalue weighted by atomic mass is 15.1. The fourth-order valence-electron chi connectivity index (χ4n) is 1.24. The average Bonchev–Trinajstić information content (AvgIpc) is 2.71. The van der Waals surface area contributed by atoms with Gasteiger partial charge in [0, 0.05) is 18.6 Å². The summed E-state index contributed by atoms with van der Waals surface area (Å²) in [5.41, 5.74) is 6.84. The molecule has 2 N–H and O–H groups in total. The van der Waals surface area contributed by atoms with Crippen molar-refractivity contribution in [1.29, 1.82) is 0 Å². The first-order chi connectivity index (χ1) is 6.38. The first kappa shape index (κ1) is 8.01. The molecule has 1 unspecified atom stereocenters. The third-order valence-corrected chi connectivity index (χ3v) is 1.94. The van der Waals surface area contributed by atoms with Crippen LogP contribution >= 0.6 is 0 Å². The Bertz CT molecular complexity index is 353. The lowest BCUT2D eigenvalue weighted by Crippen LogP contribution is -2.19. The highest BCUT2D eigenvalue weighted by Crippen LogP contribution is 2.08. The lowest BCUT2D eigenvalue weighted by Gasteiger charge is -2.12. The molecule has 2 aromatic heterocycles. The van der Waals surface area contributed by atoms with E-state index < -0.39 is 0 Å². The van der Waals surface area contributed by atoms with Crippen molar-refractivity contribution in [2.75, 3.05) is 0 Å². The van der Waals surface area contributed by atoms with E-state index in [1.165, 1.54) is 0 Å². The molecule has 0 radical (unpaired) electrons. The number of pyridine rings is 1. The van der Waals surface area contributed by atoms with Gasteiger partial charge in [0.25, 0.3) is 0 Å². The first-order valence-corrected chi connectivity index (χ1v) is 4.17. The second-order valence-electron chi connectivity index (χ2n) is 2.83. The SMILES string of the molecule is NC(c1ccccn1)n1cccc1. The van der Waals surface area contributed by atoms with Crippen LogP contribution in [-0.2, 0) is 0 Å². The summed E-state index contributed by atoms with van der Waals surface area (Å²) >= 11 is 0. The monoisotopic (exact) mass is 173 g/mol. The van der Waals surface area contributed by atoms with Crippen LogP contribution in [0, 0.1) is 0 Å². The van der Waals surface area contributed by atoms with Crippen LogP contribution in [0.4, 0.5) is 0 Å². The van der Waals surface area contributed by atoms with Gasteiger partial charge in [0.15, 0.2) is 0 Å². The van der Waals surface area contributed by atoms with Gasteiger partial charge in [-0.05, 0) is 24.3 Å². The van der Waals surface area contributed by atoms with Crippen LogP contribution in [0.3, 0.4) is 0 Å². The topological polar surface area (TPSA) is 43.8 Å². The molecule has 0 saturated carbocycles. The van der Waals surface area contributed by atoms with Crippen molar-refractivity contribution in [2.45, 2.75) is 6.17 Å². The molecule has 0 spiro atoms. The quantitative estimate of drug-likeness (QED) is 0.745. The number of nitrogens with zero attached hydrogens (tertiary/aromatic N) is 2. The molecule has 2 heterocycles. The van der Waals surface area contributed by atoms with Crippen molar-refractivity contribution < 1.29 is 0 Å². The van der Waals surface area contributed by atoms with Crippen molar-refractivity contribution in [3.8, 4) is 0 Å². The Hall–Kier alpha value is -1.61. The third kappa shape index (κ3) is 1.60. The molecule has 0 fully saturated rings. The van der Waals surface area contributed by atoms with E-state index in [1.54, 1.807) is 6.20 Å². The molecular formula is C10H11N3. The maximum atomic E-state index is 5.96. The van der Waals surface area contributed by atoms with Crippen molar-refractivity contribution in [1.82, 2.24) is 9.55 Å². The van der Waals surface area contributed by atoms with Gasteiger partial charge in [0.05, 0.1) is 5.69 Å². The first-order valence-electron chi connectivity index (χ1n) is 4.17. The van der Waals surface area contributed by atoms with Gasteiger partial charge in [-0.1, -0.05) is 6.07 Å². The minimum absolute atomic E-state index is 0.184. The second kappa shape index (κ2) is 3.41. The Balaban J connectivity index is 2.29. The van der Waals surface area contributed by atoms with Crippen molar-refractivity contribution in [2.24, 2.45) is 5.73 Å². The summed E-state index contributed by atoms with van der Waals surface area (Å²) in [6.45, 7) is 0. The van der Waals surface area contributed by atoms with Crippen LogP contribution in [-0.4, -0.2) is 9.55 Å². The standard InChI is InChI=1S/C10H11N3/c11-10(13-7-3-4-8-13)9-5-1-2-6-12-9/h1-8,10H,11H2. The van der Waals surface area contributed by atoms with Crippen LogP contribution in [0.2, 0.25) is 0 Å². The van der Waals surface area contributed by atoms with Crippen LogP contribution in [0.1, 0.15) is 11.9 Å². The number of rotatable bonds is 2. The Morgan fingerprint density at radius 1 is 1.15 bits per heavy atom. The highest BCUT2D eigenvalue weighted by molar-refractivity contribution is 5.09. The molecule has 3 nitrogen and oxygen atoms in total. The molecule has 0 aliphatic rings. The van der Waals surface area contributed by atoms with E-state index in [2.05, 4.69) is 4.98 Å². The van der Waals surface area contributed by atoms with Gasteiger partial charge in [-0.15, -0.1) is 0 Å². The summed E-state index contributed by atoms with van der Waals surface area (Å²) in [5.74, 6) is 0. The van der Waals surface area contributed by atoms with Crippen LogP contribution in [0.25, 0.3) is 0 Å². The second-order valence-corrected chi connectivity index (χ2v) is 2.83. The molecule has 0 amide bonds. The summed E-state index contributed by atoms with van der Waals surface area (Å²) < 4.78 is 1.92. The molecule has 66 valence electrons. The zero-order valence-electron chi connectivity index (χ0n) is 7.17. The smallest absolute Gasteiger partial charge is 0.124 e. The number of nitrogens with two attached hydrogens (primary N) is 1. The van der Waals surface area contributed by atoms with Crippen molar-refractivity contribution in [3.63, 3.8) is 0 Å². The molecule has 13 heavy (non-hydrogen) atoms. The third-order valence-electron chi connectivity index (χ3n) is 1.94. The van der Waals surface area contributed by atoms with E-state index in [9.17, 15) is 0 Å². The van der Waals surface area contributed by atoms with Gasteiger partial charge in [-0.25, -0.2) is 0 Å². The van der Waals surface area contributed by atoms with Crippen LogP contribution in [0.15, 0.2) is 48.9 Å². The van der Waals surface area contributed by atoms with Crippen LogP contribution in [0.5, 0.6) is 0 Å². The lowest BCUT2D eigenvalue weighted by atomic mass is 10.3. The molecule has 2 aromatic rings. The lowest BCUT2D eigenvalue weighted by molar-refractivity contribution is 0.596. The molecule has 0 aliphatic heterocycles. The predicted molar refractivity (Wildman–Crippen MR) is 51.0 cm³/mol. The van der Waals surface area contributed by atoms with Gasteiger partial charge in [0.1, 0.15) is 6.17 Å². The van der Waals surface area contributed by atoms with Crippen LogP contribution < -0.4 is 5.73 Å². The van der Waals surface area contributed by atoms with E-state index in [-0.39, 0.29) is 6.17 Å². The number of aromatic nitrogens is 2. The van der Waals surface area contributed by atoms with Crippen molar-refractivity contribution >= 4 is 0 Å². The van der Waals surface area contributed by atoms with Crippen molar-refractivity contribution in [3.05, 3.63) is 54.6 Å². The van der Waals surface area contributed by atoms with E-state index in [4.69, 9.17) is 5.73 Å². The Kier molecular flexibility index (Phi) is 2.10. The van der Waals surface area contributed by atoms with E-state index in [1.807, 2.05) is 47.3 Å². The van der Waals surface area contributed by atoms with Gasteiger partial charge in [-0.2, -0.15) is 0 Å². The normalized spacial score (nSPS) is 12.7. The summed E-state index contributed by atoms with van der Waals surface area (Å²) in [7, 11) is 0. The summed E-state index contributed by atoms with van der Waals surface area (Å²) in [6.07, 6.45) is 5.42. The minimum atomic E-state index is -0.184. The zero-order valence-corrected chi connectivity index (χ0v) is 7.17. The van der Waals surface area contributed by atoms with Gasteiger partial charge < -0.3 is 10.3 Å². The average molecular weight is 173 g/mol. The Morgan fingerprint density at radius 3 is 2.54 bits per heavy atom. The predicted octanol–water partition coefficient (Wildman–Crippen LogP) is 1.39. The molecule has 0 saturated heterocycles. The summed E-state index contributed by atoms with van der Waals surface area (Å²) in [5, 5.41) is 0. The van der Waals surface area contributed by atoms with E-state index >= 15 is 0 Å².